The molecular formula is C16H18N2O2. The van der Waals surface area contributed by atoms with Crippen LogP contribution in [-0.2, 0) is 11.8 Å². The molecule has 0 fully saturated rings. The molecule has 0 amide bonds. The molecule has 0 saturated heterocycles. The van der Waals surface area contributed by atoms with E-state index in [1.54, 1.807) is 6.07 Å². The fourth-order valence-corrected chi connectivity index (χ4v) is 2.35. The molecule has 1 aliphatic rings. The minimum atomic E-state index is -0.206. The molecule has 2 aromatic rings. The third kappa shape index (κ3) is 2.33. The lowest BCUT2D eigenvalue weighted by atomic mass is 9.92. The Morgan fingerprint density at radius 1 is 1.30 bits per heavy atom. The Morgan fingerprint density at radius 2 is 2.05 bits per heavy atom. The van der Waals surface area contributed by atoms with E-state index in [4.69, 9.17) is 4.74 Å². The molecule has 0 spiro atoms. The number of hydrogen-bond acceptors (Lipinski definition) is 3. The van der Waals surface area contributed by atoms with Crippen molar-refractivity contribution in [2.24, 2.45) is 0 Å². The summed E-state index contributed by atoms with van der Waals surface area (Å²) in [5.41, 5.74) is 1.66. The number of aromatic nitrogens is 2. The smallest absolute Gasteiger partial charge is 0.251 e. The summed E-state index contributed by atoms with van der Waals surface area (Å²) in [5, 5.41) is 0. The topological polar surface area (TPSA) is 55.0 Å². The van der Waals surface area contributed by atoms with Gasteiger partial charge in [0.2, 0.25) is 0 Å². The highest BCUT2D eigenvalue weighted by molar-refractivity contribution is 5.38. The van der Waals surface area contributed by atoms with Crippen LogP contribution in [0.3, 0.4) is 0 Å². The van der Waals surface area contributed by atoms with E-state index < -0.39 is 0 Å². The number of nitrogens with one attached hydrogen (secondary N) is 1. The van der Waals surface area contributed by atoms with E-state index in [-0.39, 0.29) is 17.1 Å². The summed E-state index contributed by atoms with van der Waals surface area (Å²) in [6, 6.07) is 9.49. The number of rotatable bonds is 1. The summed E-state index contributed by atoms with van der Waals surface area (Å²) in [6.45, 7) is 6.13. The van der Waals surface area contributed by atoms with E-state index in [1.165, 1.54) is 0 Å². The Morgan fingerprint density at radius 3 is 2.75 bits per heavy atom. The molecule has 1 atom stereocenters. The first-order valence-corrected chi connectivity index (χ1v) is 6.80. The molecule has 1 aromatic heterocycles. The Kier molecular flexibility index (Phi) is 2.89. The van der Waals surface area contributed by atoms with Crippen LogP contribution < -0.4 is 10.3 Å². The van der Waals surface area contributed by atoms with E-state index in [0.29, 0.717) is 5.82 Å². The number of benzene rings is 1. The van der Waals surface area contributed by atoms with Crippen LogP contribution in [-0.4, -0.2) is 9.97 Å². The highest BCUT2D eigenvalue weighted by atomic mass is 16.5. The summed E-state index contributed by atoms with van der Waals surface area (Å²) < 4.78 is 5.88. The van der Waals surface area contributed by atoms with Gasteiger partial charge in [-0.05, 0) is 11.6 Å². The van der Waals surface area contributed by atoms with Crippen molar-refractivity contribution in [2.75, 3.05) is 0 Å². The minimum absolute atomic E-state index is 0.125. The number of H-pyrrole nitrogens is 1. The van der Waals surface area contributed by atoms with E-state index in [0.717, 1.165) is 23.4 Å². The summed E-state index contributed by atoms with van der Waals surface area (Å²) in [7, 11) is 0. The molecule has 1 aliphatic heterocycles. The van der Waals surface area contributed by atoms with Crippen LogP contribution in [0.5, 0.6) is 5.75 Å². The van der Waals surface area contributed by atoms with Crippen molar-refractivity contribution >= 4 is 0 Å². The maximum atomic E-state index is 11.8. The van der Waals surface area contributed by atoms with Gasteiger partial charge in [-0.2, -0.15) is 0 Å². The van der Waals surface area contributed by atoms with Crippen molar-refractivity contribution in [3.8, 4) is 5.75 Å². The Bertz CT molecular complexity index is 673. The third-order valence-corrected chi connectivity index (χ3v) is 3.48. The van der Waals surface area contributed by atoms with Crippen LogP contribution in [0.2, 0.25) is 0 Å². The van der Waals surface area contributed by atoms with Gasteiger partial charge < -0.3 is 9.72 Å². The largest absolute Gasteiger partial charge is 0.482 e. The molecule has 1 unspecified atom stereocenters. The van der Waals surface area contributed by atoms with Gasteiger partial charge in [0.25, 0.3) is 5.56 Å². The first-order valence-electron chi connectivity index (χ1n) is 6.80. The van der Waals surface area contributed by atoms with Crippen LogP contribution in [0.15, 0.2) is 35.1 Å². The number of ether oxygens (including phenoxy) is 1. The van der Waals surface area contributed by atoms with E-state index in [2.05, 4.69) is 9.97 Å². The van der Waals surface area contributed by atoms with Crippen molar-refractivity contribution < 1.29 is 4.74 Å². The summed E-state index contributed by atoms with van der Waals surface area (Å²) in [4.78, 5) is 19.2. The second-order valence-corrected chi connectivity index (χ2v) is 6.18. The average molecular weight is 270 g/mol. The number of fused-ring (bicyclic) bond motifs is 1. The zero-order valence-corrected chi connectivity index (χ0v) is 11.9. The van der Waals surface area contributed by atoms with Gasteiger partial charge in [0.1, 0.15) is 5.75 Å². The molecule has 1 N–H and O–H groups in total. The van der Waals surface area contributed by atoms with Gasteiger partial charge in [-0.15, -0.1) is 0 Å². The molecule has 4 nitrogen and oxygen atoms in total. The normalized spacial score (nSPS) is 17.6. The second kappa shape index (κ2) is 4.47. The molecule has 4 heteroatoms. The van der Waals surface area contributed by atoms with Gasteiger partial charge >= 0.3 is 0 Å². The second-order valence-electron chi connectivity index (χ2n) is 6.18. The van der Waals surface area contributed by atoms with E-state index >= 15 is 0 Å². The number of para-hydroxylation sites is 1. The quantitative estimate of drug-likeness (QED) is 0.867. The first kappa shape index (κ1) is 12.9. The van der Waals surface area contributed by atoms with Gasteiger partial charge in [-0.3, -0.25) is 4.79 Å². The predicted octanol–water partition coefficient (Wildman–Crippen LogP) is 2.74. The number of nitrogens with zero attached hydrogens (tertiary/aromatic N) is 1. The number of aromatic amines is 1. The van der Waals surface area contributed by atoms with Crippen molar-refractivity contribution in [1.29, 1.82) is 0 Å². The summed E-state index contributed by atoms with van der Waals surface area (Å²) >= 11 is 0. The lowest BCUT2D eigenvalue weighted by Crippen LogP contribution is -2.23. The van der Waals surface area contributed by atoms with Gasteiger partial charge in [-0.25, -0.2) is 4.98 Å². The average Bonchev–Trinajstić information content (AvgIpc) is 2.80. The highest BCUT2D eigenvalue weighted by Gasteiger charge is 2.27. The fraction of sp³-hybridized carbons (Fsp3) is 0.375. The molecule has 0 aliphatic carbocycles. The van der Waals surface area contributed by atoms with Crippen molar-refractivity contribution in [1.82, 2.24) is 9.97 Å². The molecule has 20 heavy (non-hydrogen) atoms. The Balaban J connectivity index is 1.97. The van der Waals surface area contributed by atoms with E-state index in [1.807, 2.05) is 45.0 Å². The van der Waals surface area contributed by atoms with Crippen LogP contribution in [0, 0.1) is 0 Å². The predicted molar refractivity (Wildman–Crippen MR) is 77.1 cm³/mol. The van der Waals surface area contributed by atoms with Gasteiger partial charge in [-0.1, -0.05) is 39.0 Å². The van der Waals surface area contributed by atoms with Crippen LogP contribution in [0.1, 0.15) is 44.0 Å². The van der Waals surface area contributed by atoms with Crippen LogP contribution in [0.4, 0.5) is 0 Å². The van der Waals surface area contributed by atoms with E-state index in [9.17, 15) is 4.79 Å². The summed E-state index contributed by atoms with van der Waals surface area (Å²) in [6.07, 6.45) is 0.537. The molecule has 1 aromatic carbocycles. The van der Waals surface area contributed by atoms with Gasteiger partial charge in [0.05, 0.1) is 5.69 Å². The molecule has 0 bridgehead atoms. The third-order valence-electron chi connectivity index (χ3n) is 3.48. The van der Waals surface area contributed by atoms with Crippen molar-refractivity contribution in [3.05, 3.63) is 57.8 Å². The SMILES string of the molecule is CC(C)(C)c1cc(=O)[nH]c(C2Cc3ccccc3O2)n1. The summed E-state index contributed by atoms with van der Waals surface area (Å²) in [5.74, 6) is 1.49. The van der Waals surface area contributed by atoms with Gasteiger partial charge in [0.15, 0.2) is 11.9 Å². The standard InChI is InChI=1S/C16H18N2O2/c1-16(2,3)13-9-14(19)18-15(17-13)12-8-10-6-4-5-7-11(10)20-12/h4-7,9,12H,8H2,1-3H3,(H,17,18,19). The Hall–Kier alpha value is -2.10. The monoisotopic (exact) mass is 270 g/mol. The Labute approximate surface area is 117 Å². The maximum Gasteiger partial charge on any atom is 0.251 e. The van der Waals surface area contributed by atoms with Gasteiger partial charge in [0, 0.05) is 17.9 Å². The lowest BCUT2D eigenvalue weighted by molar-refractivity contribution is 0.226. The zero-order chi connectivity index (χ0) is 14.3. The lowest BCUT2D eigenvalue weighted by Gasteiger charge is -2.19. The highest BCUT2D eigenvalue weighted by Crippen LogP contribution is 2.35. The minimum Gasteiger partial charge on any atom is -0.482 e. The fourth-order valence-electron chi connectivity index (χ4n) is 2.35. The van der Waals surface area contributed by atoms with Crippen molar-refractivity contribution in [3.63, 3.8) is 0 Å². The van der Waals surface area contributed by atoms with Crippen LogP contribution >= 0.6 is 0 Å². The molecule has 0 radical (unpaired) electrons. The maximum absolute atomic E-state index is 11.8. The molecule has 104 valence electrons. The van der Waals surface area contributed by atoms with Crippen molar-refractivity contribution in [2.45, 2.75) is 38.7 Å². The van der Waals surface area contributed by atoms with Crippen LogP contribution in [0.25, 0.3) is 0 Å². The molecule has 2 heterocycles. The zero-order valence-electron chi connectivity index (χ0n) is 11.9. The molecule has 0 saturated carbocycles. The number of hydrogen-bond donors (Lipinski definition) is 1. The molecular weight excluding hydrogens is 252 g/mol. The molecule has 3 rings (SSSR count). The first-order chi connectivity index (χ1) is 9.43.